The molecular formula is C16H19ClN2O4S. The van der Waals surface area contributed by atoms with Gasteiger partial charge in [-0.05, 0) is 45.4 Å². The second kappa shape index (κ2) is 6.86. The van der Waals surface area contributed by atoms with Crippen LogP contribution in [0, 0.1) is 20.8 Å². The molecule has 1 heterocycles. The van der Waals surface area contributed by atoms with Crippen molar-refractivity contribution in [1.82, 2.24) is 4.98 Å². The molecule has 2 aromatic rings. The Morgan fingerprint density at radius 2 is 1.96 bits per heavy atom. The van der Waals surface area contributed by atoms with E-state index in [-0.39, 0.29) is 22.9 Å². The van der Waals surface area contributed by atoms with Crippen molar-refractivity contribution in [2.75, 3.05) is 11.3 Å². The molecule has 2 rings (SSSR count). The zero-order valence-electron chi connectivity index (χ0n) is 13.9. The second-order valence-electron chi connectivity index (χ2n) is 5.39. The normalized spacial score (nSPS) is 11.4. The van der Waals surface area contributed by atoms with Crippen LogP contribution in [0.1, 0.15) is 34.2 Å². The minimum Gasteiger partial charge on any atom is -0.461 e. The highest BCUT2D eigenvalue weighted by molar-refractivity contribution is 7.92. The fourth-order valence-corrected chi connectivity index (χ4v) is 4.31. The standard InChI is InChI=1S/C16H19ClN2O4S/c1-5-23-16(20)14-10(3)15(11(4)18-14)24(21,22)19-13-7-6-9(2)8-12(13)17/h6-8,18-19H,5H2,1-4H3. The molecule has 24 heavy (non-hydrogen) atoms. The van der Waals surface area contributed by atoms with Crippen LogP contribution in [0.2, 0.25) is 5.02 Å². The molecule has 0 atom stereocenters. The number of esters is 1. The van der Waals surface area contributed by atoms with Crippen molar-refractivity contribution in [1.29, 1.82) is 0 Å². The third-order valence-corrected chi connectivity index (χ3v) is 5.44. The highest BCUT2D eigenvalue weighted by atomic mass is 35.5. The summed E-state index contributed by atoms with van der Waals surface area (Å²) in [4.78, 5) is 14.7. The van der Waals surface area contributed by atoms with E-state index in [1.807, 2.05) is 6.92 Å². The number of ether oxygens (including phenoxy) is 1. The third kappa shape index (κ3) is 3.57. The molecule has 8 heteroatoms. The van der Waals surface area contributed by atoms with Gasteiger partial charge >= 0.3 is 5.97 Å². The molecule has 1 aromatic carbocycles. The SMILES string of the molecule is CCOC(=O)c1[nH]c(C)c(S(=O)(=O)Nc2ccc(C)cc2Cl)c1C. The van der Waals surface area contributed by atoms with Crippen molar-refractivity contribution in [2.45, 2.75) is 32.6 Å². The molecule has 0 unspecified atom stereocenters. The van der Waals surface area contributed by atoms with Crippen LogP contribution in [0.5, 0.6) is 0 Å². The molecule has 0 spiro atoms. The predicted octanol–water partition coefficient (Wildman–Crippen LogP) is 3.57. The van der Waals surface area contributed by atoms with E-state index in [0.29, 0.717) is 16.3 Å². The van der Waals surface area contributed by atoms with Gasteiger partial charge in [0.05, 0.1) is 17.3 Å². The van der Waals surface area contributed by atoms with Crippen LogP contribution in [-0.4, -0.2) is 26.0 Å². The Morgan fingerprint density at radius 1 is 1.29 bits per heavy atom. The molecule has 0 amide bonds. The summed E-state index contributed by atoms with van der Waals surface area (Å²) in [5, 5.41) is 0.301. The van der Waals surface area contributed by atoms with Crippen molar-refractivity contribution >= 4 is 33.3 Å². The molecule has 0 saturated carbocycles. The number of anilines is 1. The quantitative estimate of drug-likeness (QED) is 0.787. The Balaban J connectivity index is 2.44. The lowest BCUT2D eigenvalue weighted by molar-refractivity contribution is 0.0519. The van der Waals surface area contributed by atoms with Crippen LogP contribution in [0.3, 0.4) is 0 Å². The zero-order valence-corrected chi connectivity index (χ0v) is 15.4. The molecule has 2 N–H and O–H groups in total. The summed E-state index contributed by atoms with van der Waals surface area (Å²) in [7, 11) is -3.91. The summed E-state index contributed by atoms with van der Waals surface area (Å²) in [6.45, 7) is 6.88. The van der Waals surface area contributed by atoms with E-state index >= 15 is 0 Å². The van der Waals surface area contributed by atoms with Crippen LogP contribution in [0.15, 0.2) is 23.1 Å². The first-order valence-electron chi connectivity index (χ1n) is 7.32. The van der Waals surface area contributed by atoms with Crippen LogP contribution in [0.4, 0.5) is 5.69 Å². The number of nitrogens with one attached hydrogen (secondary N) is 2. The first-order chi connectivity index (χ1) is 11.2. The summed E-state index contributed by atoms with van der Waals surface area (Å²) >= 11 is 6.09. The van der Waals surface area contributed by atoms with Crippen molar-refractivity contribution in [2.24, 2.45) is 0 Å². The van der Waals surface area contributed by atoms with E-state index in [2.05, 4.69) is 9.71 Å². The lowest BCUT2D eigenvalue weighted by Gasteiger charge is -2.11. The number of aromatic amines is 1. The molecule has 130 valence electrons. The van der Waals surface area contributed by atoms with Gasteiger partial charge in [0.25, 0.3) is 10.0 Å². The molecule has 1 aromatic heterocycles. The van der Waals surface area contributed by atoms with E-state index in [4.69, 9.17) is 16.3 Å². The van der Waals surface area contributed by atoms with Gasteiger partial charge in [-0.3, -0.25) is 4.72 Å². The molecule has 6 nitrogen and oxygen atoms in total. The summed E-state index contributed by atoms with van der Waals surface area (Å²) in [5.41, 5.74) is 1.99. The van der Waals surface area contributed by atoms with E-state index in [1.165, 1.54) is 0 Å². The number of hydrogen-bond acceptors (Lipinski definition) is 4. The van der Waals surface area contributed by atoms with E-state index in [1.54, 1.807) is 39.0 Å². The van der Waals surface area contributed by atoms with Gasteiger partial charge in [0.15, 0.2) is 0 Å². The lowest BCUT2D eigenvalue weighted by atomic mass is 10.2. The predicted molar refractivity (Wildman–Crippen MR) is 93.2 cm³/mol. The third-order valence-electron chi connectivity index (χ3n) is 3.49. The minimum absolute atomic E-state index is 0.0159. The number of rotatable bonds is 5. The Bertz CT molecular complexity index is 888. The van der Waals surface area contributed by atoms with Crippen LogP contribution >= 0.6 is 11.6 Å². The van der Waals surface area contributed by atoms with E-state index in [9.17, 15) is 13.2 Å². The molecule has 0 aliphatic heterocycles. The highest BCUT2D eigenvalue weighted by Crippen LogP contribution is 2.29. The zero-order chi connectivity index (χ0) is 18.1. The van der Waals surface area contributed by atoms with Gasteiger partial charge in [0.1, 0.15) is 10.6 Å². The molecule has 0 radical (unpaired) electrons. The van der Waals surface area contributed by atoms with Gasteiger partial charge in [-0.25, -0.2) is 13.2 Å². The topological polar surface area (TPSA) is 88.3 Å². The number of benzene rings is 1. The van der Waals surface area contributed by atoms with Gasteiger partial charge in [-0.1, -0.05) is 17.7 Å². The Morgan fingerprint density at radius 3 is 2.54 bits per heavy atom. The number of halogens is 1. The second-order valence-corrected chi connectivity index (χ2v) is 7.41. The largest absolute Gasteiger partial charge is 0.461 e. The Kier molecular flexibility index (Phi) is 5.25. The molecule has 0 bridgehead atoms. The fraction of sp³-hybridized carbons (Fsp3) is 0.312. The van der Waals surface area contributed by atoms with Crippen molar-refractivity contribution < 1.29 is 17.9 Å². The number of aromatic nitrogens is 1. The summed E-state index contributed by atoms with van der Waals surface area (Å²) in [5.74, 6) is -0.590. The van der Waals surface area contributed by atoms with Gasteiger partial charge < -0.3 is 9.72 Å². The summed E-state index contributed by atoms with van der Waals surface area (Å²) in [6, 6.07) is 5.02. The van der Waals surface area contributed by atoms with Gasteiger partial charge in [0.2, 0.25) is 0 Å². The van der Waals surface area contributed by atoms with Crippen molar-refractivity contribution in [3.63, 3.8) is 0 Å². The number of carbonyl (C=O) groups is 1. The first kappa shape index (κ1) is 18.4. The van der Waals surface area contributed by atoms with Crippen LogP contribution in [-0.2, 0) is 14.8 Å². The van der Waals surface area contributed by atoms with Crippen molar-refractivity contribution in [3.8, 4) is 0 Å². The number of aryl methyl sites for hydroxylation is 2. The maximum Gasteiger partial charge on any atom is 0.355 e. The average Bonchev–Trinajstić information content (AvgIpc) is 2.78. The van der Waals surface area contributed by atoms with Gasteiger partial charge in [-0.2, -0.15) is 0 Å². The molecule has 0 aliphatic rings. The van der Waals surface area contributed by atoms with Crippen molar-refractivity contribution in [3.05, 3.63) is 45.7 Å². The molecule has 0 saturated heterocycles. The molecule has 0 fully saturated rings. The molecule has 0 aliphatic carbocycles. The summed E-state index contributed by atoms with van der Waals surface area (Å²) in [6.07, 6.45) is 0. The number of hydrogen-bond donors (Lipinski definition) is 2. The van der Waals surface area contributed by atoms with Gasteiger partial charge in [0, 0.05) is 11.3 Å². The average molecular weight is 371 g/mol. The highest BCUT2D eigenvalue weighted by Gasteiger charge is 2.27. The number of carbonyl (C=O) groups excluding carboxylic acids is 1. The fourth-order valence-electron chi connectivity index (χ4n) is 2.44. The Hall–Kier alpha value is -1.99. The molecular weight excluding hydrogens is 352 g/mol. The summed E-state index contributed by atoms with van der Waals surface area (Å²) < 4.78 is 32.9. The minimum atomic E-state index is -3.91. The Labute approximate surface area is 146 Å². The van der Waals surface area contributed by atoms with E-state index in [0.717, 1.165) is 5.56 Å². The van der Waals surface area contributed by atoms with Gasteiger partial charge in [-0.15, -0.1) is 0 Å². The number of H-pyrrole nitrogens is 1. The van der Waals surface area contributed by atoms with E-state index < -0.39 is 16.0 Å². The number of sulfonamides is 1. The smallest absolute Gasteiger partial charge is 0.355 e. The van der Waals surface area contributed by atoms with Crippen LogP contribution < -0.4 is 4.72 Å². The maximum atomic E-state index is 12.7. The van der Waals surface area contributed by atoms with Crippen LogP contribution in [0.25, 0.3) is 0 Å². The maximum absolute atomic E-state index is 12.7. The lowest BCUT2D eigenvalue weighted by Crippen LogP contribution is -2.15. The first-order valence-corrected chi connectivity index (χ1v) is 9.18. The monoisotopic (exact) mass is 370 g/mol.